The zero-order chi connectivity index (χ0) is 36.7. The molecule has 5 heteroatoms. The van der Waals surface area contributed by atoms with E-state index in [4.69, 9.17) is 9.40 Å². The molecule has 0 atom stereocenters. The Hall–Kier alpha value is -7.63. The van der Waals surface area contributed by atoms with E-state index in [1.165, 1.54) is 38.2 Å². The van der Waals surface area contributed by atoms with E-state index < -0.39 is 0 Å². The van der Waals surface area contributed by atoms with Gasteiger partial charge in [0.2, 0.25) is 0 Å². The number of para-hydroxylation sites is 5. The lowest BCUT2D eigenvalue weighted by Crippen LogP contribution is -1.95. The molecule has 4 heterocycles. The van der Waals surface area contributed by atoms with E-state index in [1.807, 2.05) is 12.1 Å². The highest BCUT2D eigenvalue weighted by Gasteiger charge is 2.24. The maximum Gasteiger partial charge on any atom is 0.307 e. The molecule has 262 valence electrons. The summed E-state index contributed by atoms with van der Waals surface area (Å²) in [5, 5.41) is 4.76. The highest BCUT2D eigenvalue weighted by atomic mass is 16.4. The predicted octanol–water partition coefficient (Wildman–Crippen LogP) is 13.3. The van der Waals surface area contributed by atoms with Gasteiger partial charge in [-0.15, -0.1) is 0 Å². The molecule has 0 fully saturated rings. The molecule has 12 rings (SSSR count). The fraction of sp³-hybridized carbons (Fsp3) is 0. The van der Waals surface area contributed by atoms with Gasteiger partial charge in [0.05, 0.1) is 33.3 Å². The summed E-state index contributed by atoms with van der Waals surface area (Å²) in [5.74, 6) is 0.572. The standard InChI is InChI=1S/C51H32N4O/c1-3-14-33(15-4-1)34-16-13-19-38(30-34)54-44-23-10-8-21-40(44)42-32-36(27-29-46(42)54)50-49(52-51-55(50)47-24-11-12-25-48(47)56-51)35-26-28-45-41(31-35)39-20-7-9-22-43(39)53(45)37-17-5-2-6-18-37/h1-32H. The summed E-state index contributed by atoms with van der Waals surface area (Å²) in [6, 6.07) is 69.1. The van der Waals surface area contributed by atoms with E-state index in [9.17, 15) is 0 Å². The van der Waals surface area contributed by atoms with Gasteiger partial charge < -0.3 is 13.6 Å². The molecule has 0 radical (unpaired) electrons. The normalized spacial score (nSPS) is 11.9. The number of aromatic nitrogens is 4. The fourth-order valence-electron chi connectivity index (χ4n) is 8.81. The Bertz CT molecular complexity index is 3470. The van der Waals surface area contributed by atoms with Crippen LogP contribution in [-0.2, 0) is 0 Å². The first-order valence-corrected chi connectivity index (χ1v) is 19.0. The average molecular weight is 717 g/mol. The van der Waals surface area contributed by atoms with Gasteiger partial charge in [-0.05, 0) is 83.9 Å². The molecular weight excluding hydrogens is 685 g/mol. The van der Waals surface area contributed by atoms with E-state index >= 15 is 0 Å². The van der Waals surface area contributed by atoms with Gasteiger partial charge in [-0.1, -0.05) is 121 Å². The Morgan fingerprint density at radius 1 is 0.357 bits per heavy atom. The van der Waals surface area contributed by atoms with Gasteiger partial charge in [-0.25, -0.2) is 0 Å². The molecule has 0 saturated carbocycles. The van der Waals surface area contributed by atoms with E-state index in [1.54, 1.807) is 0 Å². The van der Waals surface area contributed by atoms with Crippen LogP contribution in [0.4, 0.5) is 0 Å². The Balaban J connectivity index is 1.10. The number of benzene rings is 8. The molecule has 5 nitrogen and oxygen atoms in total. The summed E-state index contributed by atoms with van der Waals surface area (Å²) < 4.78 is 13.4. The Morgan fingerprint density at radius 2 is 0.893 bits per heavy atom. The minimum Gasteiger partial charge on any atom is -0.423 e. The molecule has 8 aromatic carbocycles. The first-order chi connectivity index (χ1) is 27.8. The monoisotopic (exact) mass is 716 g/mol. The van der Waals surface area contributed by atoms with Crippen LogP contribution in [0.3, 0.4) is 0 Å². The quantitative estimate of drug-likeness (QED) is 0.178. The molecule has 56 heavy (non-hydrogen) atoms. The summed E-state index contributed by atoms with van der Waals surface area (Å²) in [6.07, 6.45) is 0. The topological polar surface area (TPSA) is 40.3 Å². The molecule has 12 aromatic rings. The van der Waals surface area contributed by atoms with Crippen molar-refractivity contribution in [2.75, 3.05) is 0 Å². The molecule has 0 aliphatic carbocycles. The Kier molecular flexibility index (Phi) is 6.56. The van der Waals surface area contributed by atoms with E-state index in [0.29, 0.717) is 5.84 Å². The van der Waals surface area contributed by atoms with Crippen molar-refractivity contribution in [3.05, 3.63) is 194 Å². The molecule has 0 saturated heterocycles. The number of oxazole rings is 1. The van der Waals surface area contributed by atoms with Crippen molar-refractivity contribution in [1.29, 1.82) is 0 Å². The summed E-state index contributed by atoms with van der Waals surface area (Å²) in [6.45, 7) is 0. The lowest BCUT2D eigenvalue weighted by molar-refractivity contribution is 0.642. The summed E-state index contributed by atoms with van der Waals surface area (Å²) in [5.41, 5.74) is 15.1. The van der Waals surface area contributed by atoms with Crippen molar-refractivity contribution in [2.24, 2.45) is 0 Å². The van der Waals surface area contributed by atoms with Crippen molar-refractivity contribution >= 4 is 60.6 Å². The van der Waals surface area contributed by atoms with Gasteiger partial charge in [0.15, 0.2) is 5.58 Å². The second kappa shape index (κ2) is 11.9. The maximum absolute atomic E-state index is 6.45. The second-order valence-corrected chi connectivity index (χ2v) is 14.4. The van der Waals surface area contributed by atoms with Crippen molar-refractivity contribution < 1.29 is 4.42 Å². The predicted molar refractivity (Wildman–Crippen MR) is 230 cm³/mol. The van der Waals surface area contributed by atoms with E-state index in [2.05, 4.69) is 196 Å². The largest absolute Gasteiger partial charge is 0.423 e. The third-order valence-corrected chi connectivity index (χ3v) is 11.3. The number of nitrogens with zero attached hydrogens (tertiary/aromatic N) is 4. The van der Waals surface area contributed by atoms with Crippen LogP contribution in [0.1, 0.15) is 0 Å². The third kappa shape index (κ3) is 4.52. The number of hydrogen-bond donors (Lipinski definition) is 0. The van der Waals surface area contributed by atoms with Crippen LogP contribution >= 0.6 is 0 Å². The average Bonchev–Trinajstić information content (AvgIpc) is 4.00. The zero-order valence-electron chi connectivity index (χ0n) is 30.2. The molecule has 0 bridgehead atoms. The minimum absolute atomic E-state index is 0.572. The summed E-state index contributed by atoms with van der Waals surface area (Å²) in [7, 11) is 0. The second-order valence-electron chi connectivity index (χ2n) is 14.4. The number of fused-ring (bicyclic) bond motifs is 9. The molecule has 0 N–H and O–H groups in total. The van der Waals surface area contributed by atoms with Crippen LogP contribution in [0.15, 0.2) is 199 Å². The third-order valence-electron chi connectivity index (χ3n) is 11.3. The van der Waals surface area contributed by atoms with Crippen LogP contribution in [0.5, 0.6) is 0 Å². The van der Waals surface area contributed by atoms with Gasteiger partial charge in [0.1, 0.15) is 5.69 Å². The van der Waals surface area contributed by atoms with Gasteiger partial charge >= 0.3 is 5.84 Å². The van der Waals surface area contributed by atoms with Gasteiger partial charge in [0, 0.05) is 44.0 Å². The fourth-order valence-corrected chi connectivity index (χ4v) is 8.81. The van der Waals surface area contributed by atoms with Crippen molar-refractivity contribution in [1.82, 2.24) is 18.5 Å². The highest BCUT2D eigenvalue weighted by molar-refractivity contribution is 6.12. The number of rotatable bonds is 5. The molecule has 0 aliphatic rings. The van der Waals surface area contributed by atoms with Crippen molar-refractivity contribution in [3.8, 4) is 45.0 Å². The van der Waals surface area contributed by atoms with Gasteiger partial charge in [-0.3, -0.25) is 4.40 Å². The van der Waals surface area contributed by atoms with Crippen LogP contribution in [-0.4, -0.2) is 18.5 Å². The molecule has 0 aliphatic heterocycles. The van der Waals surface area contributed by atoms with Gasteiger partial charge in [0.25, 0.3) is 0 Å². The van der Waals surface area contributed by atoms with E-state index in [0.717, 1.165) is 61.5 Å². The molecule has 0 unspecified atom stereocenters. The van der Waals surface area contributed by atoms with Crippen molar-refractivity contribution in [3.63, 3.8) is 0 Å². The smallest absolute Gasteiger partial charge is 0.307 e. The first-order valence-electron chi connectivity index (χ1n) is 19.0. The van der Waals surface area contributed by atoms with Crippen molar-refractivity contribution in [2.45, 2.75) is 0 Å². The molecule has 4 aromatic heterocycles. The lowest BCUT2D eigenvalue weighted by atomic mass is 10.0. The number of hydrogen-bond acceptors (Lipinski definition) is 2. The summed E-state index contributed by atoms with van der Waals surface area (Å²) >= 11 is 0. The Morgan fingerprint density at radius 3 is 1.62 bits per heavy atom. The highest BCUT2D eigenvalue weighted by Crippen LogP contribution is 2.42. The van der Waals surface area contributed by atoms with Gasteiger partial charge in [-0.2, -0.15) is 4.98 Å². The van der Waals surface area contributed by atoms with Crippen LogP contribution in [0.2, 0.25) is 0 Å². The van der Waals surface area contributed by atoms with Crippen LogP contribution in [0.25, 0.3) is 106 Å². The first kappa shape index (κ1) is 30.8. The molecule has 0 spiro atoms. The lowest BCUT2D eigenvalue weighted by Gasteiger charge is -2.11. The SMILES string of the molecule is c1ccc(-c2cccc(-n3c4ccccc4c4cc(-c5c(-c6ccc7c(c6)c6ccccc6n7-c6ccccc6)nc6oc7ccccc7n56)ccc43)c2)cc1. The van der Waals surface area contributed by atoms with Crippen LogP contribution in [0, 0.1) is 0 Å². The maximum atomic E-state index is 6.45. The molecule has 0 amide bonds. The number of imidazole rings is 1. The molecular formula is C51H32N4O. The van der Waals surface area contributed by atoms with E-state index in [-0.39, 0.29) is 0 Å². The minimum atomic E-state index is 0.572. The summed E-state index contributed by atoms with van der Waals surface area (Å²) in [4.78, 5) is 5.27. The zero-order valence-corrected chi connectivity index (χ0v) is 30.2. The Labute approximate surface area is 321 Å². The van der Waals surface area contributed by atoms with Crippen LogP contribution < -0.4 is 0 Å².